The third kappa shape index (κ3) is 3.06. The maximum atomic E-state index is 14.3. The fourth-order valence-corrected chi connectivity index (χ4v) is 4.31. The molecule has 28 heavy (non-hydrogen) atoms. The molecule has 2 heterocycles. The number of carboxylic acid groups (broad SMARTS) is 1. The molecular formula is C20H21F2N3O3. The molecule has 2 aliphatic rings. The van der Waals surface area contributed by atoms with E-state index >= 15 is 0 Å². The van der Waals surface area contributed by atoms with Crippen molar-refractivity contribution in [3.63, 3.8) is 0 Å². The number of aliphatic carboxylic acids is 1. The number of rotatable bonds is 3. The molecule has 6 nitrogen and oxygen atoms in total. The minimum absolute atomic E-state index is 0.0207. The highest BCUT2D eigenvalue weighted by Crippen LogP contribution is 2.31. The van der Waals surface area contributed by atoms with E-state index in [0.29, 0.717) is 31.5 Å². The first-order valence-electron chi connectivity index (χ1n) is 9.44. The first-order chi connectivity index (χ1) is 13.4. The summed E-state index contributed by atoms with van der Waals surface area (Å²) in [5, 5.41) is 13.7. The number of halogens is 2. The Morgan fingerprint density at radius 2 is 2.00 bits per heavy atom. The molecule has 8 heteroatoms. The van der Waals surface area contributed by atoms with Gasteiger partial charge < -0.3 is 10.0 Å². The predicted octanol–water partition coefficient (Wildman–Crippen LogP) is 2.82. The zero-order valence-corrected chi connectivity index (χ0v) is 15.5. The van der Waals surface area contributed by atoms with Crippen molar-refractivity contribution in [2.24, 2.45) is 11.8 Å². The third-order valence-corrected chi connectivity index (χ3v) is 5.59. The van der Waals surface area contributed by atoms with E-state index in [9.17, 15) is 23.5 Å². The van der Waals surface area contributed by atoms with Gasteiger partial charge in [-0.3, -0.25) is 9.59 Å². The quantitative estimate of drug-likeness (QED) is 0.876. The van der Waals surface area contributed by atoms with Gasteiger partial charge in [0.05, 0.1) is 5.92 Å². The van der Waals surface area contributed by atoms with Crippen molar-refractivity contribution in [3.05, 3.63) is 46.8 Å². The Bertz CT molecular complexity index is 956. The number of benzene rings is 1. The summed E-state index contributed by atoms with van der Waals surface area (Å²) in [6.07, 6.45) is 2.59. The van der Waals surface area contributed by atoms with Gasteiger partial charge in [-0.15, -0.1) is 0 Å². The molecule has 0 saturated carbocycles. The summed E-state index contributed by atoms with van der Waals surface area (Å²) in [5.41, 5.74) is 1.66. The summed E-state index contributed by atoms with van der Waals surface area (Å²) in [6, 6.07) is 3.87. The monoisotopic (exact) mass is 389 g/mol. The molecule has 4 rings (SSSR count). The van der Waals surface area contributed by atoms with Gasteiger partial charge in [-0.25, -0.2) is 13.5 Å². The molecule has 148 valence electrons. The van der Waals surface area contributed by atoms with Gasteiger partial charge in [0.1, 0.15) is 5.69 Å². The number of amides is 1. The van der Waals surface area contributed by atoms with Crippen LogP contribution < -0.4 is 0 Å². The van der Waals surface area contributed by atoms with Crippen LogP contribution in [0.5, 0.6) is 0 Å². The lowest BCUT2D eigenvalue weighted by atomic mass is 9.90. The van der Waals surface area contributed by atoms with E-state index in [1.807, 2.05) is 6.92 Å². The Hall–Kier alpha value is -2.77. The number of hydrogen-bond donors (Lipinski definition) is 1. The molecule has 1 fully saturated rings. The molecule has 0 bridgehead atoms. The van der Waals surface area contributed by atoms with Crippen molar-refractivity contribution < 1.29 is 23.5 Å². The third-order valence-electron chi connectivity index (χ3n) is 5.59. The molecule has 1 aliphatic heterocycles. The SMILES string of the molecule is CC1CC(C(=O)O)CN(C(=O)c2nn(-c3cccc(F)c3F)c3c2CCC3)C1. The number of carbonyl (C=O) groups is 2. The molecule has 1 aromatic carbocycles. The van der Waals surface area contributed by atoms with E-state index in [-0.39, 0.29) is 29.8 Å². The summed E-state index contributed by atoms with van der Waals surface area (Å²) >= 11 is 0. The van der Waals surface area contributed by atoms with E-state index < -0.39 is 23.5 Å². The normalized spacial score (nSPS) is 21.6. The number of carboxylic acids is 1. The van der Waals surface area contributed by atoms with Crippen LogP contribution in [0.15, 0.2) is 18.2 Å². The fourth-order valence-electron chi connectivity index (χ4n) is 4.31. The number of fused-ring (bicyclic) bond motifs is 1. The number of nitrogens with zero attached hydrogens (tertiary/aromatic N) is 3. The lowest BCUT2D eigenvalue weighted by molar-refractivity contribution is -0.143. The van der Waals surface area contributed by atoms with Gasteiger partial charge in [0, 0.05) is 24.3 Å². The standard InChI is InChI=1S/C20H21F2N3O3/c1-11-8-12(20(27)28)10-24(9-11)19(26)18-13-4-2-6-15(13)25(23-18)16-7-3-5-14(21)17(16)22/h3,5,7,11-12H,2,4,6,8-10H2,1H3,(H,27,28). The summed E-state index contributed by atoms with van der Waals surface area (Å²) < 4.78 is 29.3. The molecule has 1 saturated heterocycles. The summed E-state index contributed by atoms with van der Waals surface area (Å²) in [4.78, 5) is 26.1. The average Bonchev–Trinajstić information content (AvgIpc) is 3.26. The Morgan fingerprint density at radius 3 is 2.75 bits per heavy atom. The molecule has 1 N–H and O–H groups in total. The van der Waals surface area contributed by atoms with Gasteiger partial charge in [0.2, 0.25) is 0 Å². The highest BCUT2D eigenvalue weighted by Gasteiger charge is 2.36. The Labute approximate surface area is 160 Å². The maximum absolute atomic E-state index is 14.3. The Balaban J connectivity index is 1.72. The van der Waals surface area contributed by atoms with Crippen molar-refractivity contribution in [2.45, 2.75) is 32.6 Å². The second-order valence-electron chi connectivity index (χ2n) is 7.70. The molecule has 2 aromatic rings. The smallest absolute Gasteiger partial charge is 0.308 e. The second kappa shape index (κ2) is 7.00. The van der Waals surface area contributed by atoms with Gasteiger partial charge in [0.15, 0.2) is 17.3 Å². The van der Waals surface area contributed by atoms with Crippen LogP contribution in [-0.4, -0.2) is 44.8 Å². The fraction of sp³-hybridized carbons (Fsp3) is 0.450. The van der Waals surface area contributed by atoms with Crippen molar-refractivity contribution >= 4 is 11.9 Å². The Kier molecular flexibility index (Phi) is 4.64. The molecule has 2 unspecified atom stereocenters. The van der Waals surface area contributed by atoms with Gasteiger partial charge in [0.25, 0.3) is 5.91 Å². The van der Waals surface area contributed by atoms with E-state index in [4.69, 9.17) is 0 Å². The molecule has 1 amide bonds. The van der Waals surface area contributed by atoms with Gasteiger partial charge in [-0.05, 0) is 43.7 Å². The minimum Gasteiger partial charge on any atom is -0.481 e. The van der Waals surface area contributed by atoms with Crippen LogP contribution in [0.2, 0.25) is 0 Å². The highest BCUT2D eigenvalue weighted by atomic mass is 19.2. The number of piperidine rings is 1. The van der Waals surface area contributed by atoms with Crippen LogP contribution in [0.3, 0.4) is 0 Å². The molecule has 2 atom stereocenters. The van der Waals surface area contributed by atoms with Crippen molar-refractivity contribution in [1.29, 1.82) is 0 Å². The van der Waals surface area contributed by atoms with E-state index in [2.05, 4.69) is 5.10 Å². The largest absolute Gasteiger partial charge is 0.481 e. The molecule has 1 aromatic heterocycles. The zero-order valence-electron chi connectivity index (χ0n) is 15.5. The lowest BCUT2D eigenvalue weighted by Gasteiger charge is -2.34. The highest BCUT2D eigenvalue weighted by molar-refractivity contribution is 5.94. The first-order valence-corrected chi connectivity index (χ1v) is 9.44. The number of likely N-dealkylation sites (tertiary alicyclic amines) is 1. The van der Waals surface area contributed by atoms with Gasteiger partial charge in [-0.2, -0.15) is 5.10 Å². The summed E-state index contributed by atoms with van der Waals surface area (Å²) in [7, 11) is 0. The first kappa shape index (κ1) is 18.6. The van der Waals surface area contributed by atoms with Crippen LogP contribution in [0.4, 0.5) is 8.78 Å². The number of aromatic nitrogens is 2. The molecule has 0 radical (unpaired) electrons. The molecular weight excluding hydrogens is 368 g/mol. The zero-order chi connectivity index (χ0) is 20.0. The maximum Gasteiger partial charge on any atom is 0.308 e. The Morgan fingerprint density at radius 1 is 1.21 bits per heavy atom. The van der Waals surface area contributed by atoms with Crippen molar-refractivity contribution in [3.8, 4) is 5.69 Å². The van der Waals surface area contributed by atoms with Crippen molar-refractivity contribution in [2.75, 3.05) is 13.1 Å². The van der Waals surface area contributed by atoms with Crippen LogP contribution >= 0.6 is 0 Å². The minimum atomic E-state index is -1.00. The summed E-state index contributed by atoms with van der Waals surface area (Å²) in [6.45, 7) is 2.51. The molecule has 0 spiro atoms. The van der Waals surface area contributed by atoms with E-state index in [1.165, 1.54) is 21.7 Å². The van der Waals surface area contributed by atoms with Gasteiger partial charge >= 0.3 is 5.97 Å². The predicted molar refractivity (Wildman–Crippen MR) is 96.3 cm³/mol. The second-order valence-corrected chi connectivity index (χ2v) is 7.70. The number of carbonyl (C=O) groups excluding carboxylic acids is 1. The average molecular weight is 389 g/mol. The van der Waals surface area contributed by atoms with Crippen LogP contribution in [-0.2, 0) is 17.6 Å². The molecule has 1 aliphatic carbocycles. The van der Waals surface area contributed by atoms with Gasteiger partial charge in [-0.1, -0.05) is 13.0 Å². The summed E-state index contributed by atoms with van der Waals surface area (Å²) in [5.74, 6) is -3.77. The lowest BCUT2D eigenvalue weighted by Crippen LogP contribution is -2.45. The van der Waals surface area contributed by atoms with Crippen LogP contribution in [0, 0.1) is 23.5 Å². The van der Waals surface area contributed by atoms with Crippen LogP contribution in [0.1, 0.15) is 41.5 Å². The topological polar surface area (TPSA) is 75.4 Å². The van der Waals surface area contributed by atoms with E-state index in [1.54, 1.807) is 0 Å². The van der Waals surface area contributed by atoms with Crippen LogP contribution in [0.25, 0.3) is 5.69 Å². The number of hydrogen-bond acceptors (Lipinski definition) is 3. The van der Waals surface area contributed by atoms with Crippen molar-refractivity contribution in [1.82, 2.24) is 14.7 Å². The van der Waals surface area contributed by atoms with E-state index in [0.717, 1.165) is 18.1 Å².